The fourth-order valence-corrected chi connectivity index (χ4v) is 3.48. The quantitative estimate of drug-likeness (QED) is 0.546. The minimum absolute atomic E-state index is 0.0246. The standard InChI is InChI=1S/C20H16Cl2N2O4/c1-12(19(27)13-5-3-2-4-6-13)23(24-17(25)9-10-18(24)26)20(28)15-8-7-14(21)11-16(15)22/h2-8,11-12H,9-10H2,1H3/t12-/m0/s1. The third kappa shape index (κ3) is 3.79. The Balaban J connectivity index is 2.04. The molecule has 0 unspecified atom stereocenters. The summed E-state index contributed by atoms with van der Waals surface area (Å²) < 4.78 is 0. The first-order valence-corrected chi connectivity index (χ1v) is 9.30. The number of amides is 3. The van der Waals surface area contributed by atoms with E-state index >= 15 is 0 Å². The van der Waals surface area contributed by atoms with Crippen LogP contribution in [0.2, 0.25) is 10.0 Å². The van der Waals surface area contributed by atoms with E-state index in [0.29, 0.717) is 10.6 Å². The number of Topliss-reactive ketones (excluding diaryl/α,β-unsaturated/α-hetero) is 1. The molecule has 0 aliphatic carbocycles. The number of ketones is 1. The van der Waals surface area contributed by atoms with E-state index in [1.165, 1.54) is 25.1 Å². The number of carbonyl (C=O) groups is 4. The summed E-state index contributed by atoms with van der Waals surface area (Å²) in [6, 6.07) is 11.5. The van der Waals surface area contributed by atoms with Gasteiger partial charge in [0.25, 0.3) is 5.91 Å². The van der Waals surface area contributed by atoms with Crippen molar-refractivity contribution in [2.45, 2.75) is 25.8 Å². The van der Waals surface area contributed by atoms with Crippen LogP contribution in [0.1, 0.15) is 40.5 Å². The lowest BCUT2D eigenvalue weighted by Crippen LogP contribution is -2.56. The Labute approximate surface area is 171 Å². The van der Waals surface area contributed by atoms with Gasteiger partial charge in [0.1, 0.15) is 6.04 Å². The highest BCUT2D eigenvalue weighted by Crippen LogP contribution is 2.27. The van der Waals surface area contributed by atoms with Crippen molar-refractivity contribution in [2.75, 3.05) is 0 Å². The molecular weight excluding hydrogens is 403 g/mol. The van der Waals surface area contributed by atoms with Gasteiger partial charge in [-0.3, -0.25) is 19.2 Å². The SMILES string of the molecule is C[C@@H](C(=O)c1ccccc1)N(C(=O)c1ccc(Cl)cc1Cl)N1C(=O)CCC1=O. The van der Waals surface area contributed by atoms with Crippen molar-refractivity contribution in [3.8, 4) is 0 Å². The summed E-state index contributed by atoms with van der Waals surface area (Å²) in [6.07, 6.45) is -0.0492. The molecule has 0 bridgehead atoms. The molecule has 2 aromatic carbocycles. The Hall–Kier alpha value is -2.70. The molecule has 1 saturated heterocycles. The van der Waals surface area contributed by atoms with Gasteiger partial charge in [-0.1, -0.05) is 53.5 Å². The third-order valence-electron chi connectivity index (χ3n) is 4.41. The number of hydrogen-bond donors (Lipinski definition) is 0. The van der Waals surface area contributed by atoms with Crippen molar-refractivity contribution < 1.29 is 19.2 Å². The molecule has 3 amide bonds. The molecular formula is C20H16Cl2N2O4. The van der Waals surface area contributed by atoms with Crippen LogP contribution in [0.15, 0.2) is 48.5 Å². The molecule has 3 rings (SSSR count). The second-order valence-electron chi connectivity index (χ2n) is 6.28. The first kappa shape index (κ1) is 20.0. The summed E-state index contributed by atoms with van der Waals surface area (Å²) in [6.45, 7) is 1.47. The average molecular weight is 419 g/mol. The van der Waals surface area contributed by atoms with Gasteiger partial charge in [-0.25, -0.2) is 5.01 Å². The highest BCUT2D eigenvalue weighted by Gasteiger charge is 2.42. The molecule has 1 fully saturated rings. The Morgan fingerprint density at radius 3 is 2.18 bits per heavy atom. The molecule has 0 N–H and O–H groups in total. The molecule has 0 saturated carbocycles. The molecule has 0 radical (unpaired) electrons. The van der Waals surface area contributed by atoms with Gasteiger partial charge in [0.2, 0.25) is 11.8 Å². The number of halogens is 2. The minimum atomic E-state index is -1.10. The van der Waals surface area contributed by atoms with Gasteiger partial charge in [0, 0.05) is 23.4 Å². The zero-order valence-corrected chi connectivity index (χ0v) is 16.4. The molecule has 1 atom stereocenters. The first-order chi connectivity index (χ1) is 13.3. The zero-order valence-electron chi connectivity index (χ0n) is 14.9. The fraction of sp³-hybridized carbons (Fsp3) is 0.200. The van der Waals surface area contributed by atoms with E-state index in [1.54, 1.807) is 30.3 Å². The number of hydrazine groups is 1. The van der Waals surface area contributed by atoms with E-state index in [4.69, 9.17) is 23.2 Å². The summed E-state index contributed by atoms with van der Waals surface area (Å²) in [5, 5.41) is 2.02. The maximum Gasteiger partial charge on any atom is 0.275 e. The van der Waals surface area contributed by atoms with Crippen molar-refractivity contribution in [2.24, 2.45) is 0 Å². The van der Waals surface area contributed by atoms with Crippen molar-refractivity contribution in [1.82, 2.24) is 10.0 Å². The van der Waals surface area contributed by atoms with Gasteiger partial charge in [-0.2, -0.15) is 5.01 Å². The summed E-state index contributed by atoms with van der Waals surface area (Å²) >= 11 is 12.0. The number of nitrogens with zero attached hydrogens (tertiary/aromatic N) is 2. The van der Waals surface area contributed by atoms with Crippen LogP contribution >= 0.6 is 23.2 Å². The first-order valence-electron chi connectivity index (χ1n) is 8.55. The van der Waals surface area contributed by atoms with Crippen molar-refractivity contribution in [3.63, 3.8) is 0 Å². The largest absolute Gasteiger partial charge is 0.292 e. The maximum absolute atomic E-state index is 13.2. The summed E-state index contributed by atoms with van der Waals surface area (Å²) in [7, 11) is 0. The smallest absolute Gasteiger partial charge is 0.275 e. The number of hydrogen-bond acceptors (Lipinski definition) is 4. The molecule has 1 aliphatic heterocycles. The normalized spacial score (nSPS) is 14.9. The molecule has 0 spiro atoms. The van der Waals surface area contributed by atoms with Gasteiger partial charge in [-0.05, 0) is 25.1 Å². The van der Waals surface area contributed by atoms with Crippen LogP contribution in [0.5, 0.6) is 0 Å². The predicted molar refractivity (Wildman–Crippen MR) is 104 cm³/mol. The van der Waals surface area contributed by atoms with Gasteiger partial charge < -0.3 is 0 Å². The Morgan fingerprint density at radius 2 is 1.61 bits per heavy atom. The number of carbonyl (C=O) groups excluding carboxylic acids is 4. The second kappa shape index (κ2) is 8.12. The van der Waals surface area contributed by atoms with Crippen LogP contribution in [0.3, 0.4) is 0 Å². The van der Waals surface area contributed by atoms with Crippen LogP contribution < -0.4 is 0 Å². The van der Waals surface area contributed by atoms with Crippen LogP contribution in [0, 0.1) is 0 Å². The van der Waals surface area contributed by atoms with Crippen LogP contribution in [0.4, 0.5) is 0 Å². The number of benzene rings is 2. The van der Waals surface area contributed by atoms with Crippen molar-refractivity contribution in [3.05, 3.63) is 69.7 Å². The summed E-state index contributed by atoms with van der Waals surface area (Å²) in [4.78, 5) is 50.8. The minimum Gasteiger partial charge on any atom is -0.292 e. The zero-order chi connectivity index (χ0) is 20.4. The van der Waals surface area contributed by atoms with Gasteiger partial charge in [0.05, 0.1) is 10.6 Å². The Kier molecular flexibility index (Phi) is 5.82. The molecule has 0 aromatic heterocycles. The van der Waals surface area contributed by atoms with E-state index in [0.717, 1.165) is 10.0 Å². The lowest BCUT2D eigenvalue weighted by Gasteiger charge is -2.34. The van der Waals surface area contributed by atoms with Gasteiger partial charge in [0.15, 0.2) is 5.78 Å². The summed E-state index contributed by atoms with van der Waals surface area (Å²) in [5.41, 5.74) is 0.389. The Bertz CT molecular complexity index is 946. The lowest BCUT2D eigenvalue weighted by atomic mass is 10.0. The molecule has 144 valence electrons. The fourth-order valence-electron chi connectivity index (χ4n) is 2.99. The van der Waals surface area contributed by atoms with Crippen LogP contribution in [0.25, 0.3) is 0 Å². The number of imide groups is 1. The highest BCUT2D eigenvalue weighted by molar-refractivity contribution is 6.36. The van der Waals surface area contributed by atoms with E-state index in [2.05, 4.69) is 0 Å². The molecule has 2 aromatic rings. The molecule has 28 heavy (non-hydrogen) atoms. The molecule has 6 nitrogen and oxygen atoms in total. The van der Waals surface area contributed by atoms with Crippen LogP contribution in [-0.2, 0) is 9.59 Å². The molecule has 8 heteroatoms. The van der Waals surface area contributed by atoms with Crippen molar-refractivity contribution >= 4 is 46.7 Å². The third-order valence-corrected chi connectivity index (χ3v) is 4.96. The van der Waals surface area contributed by atoms with Gasteiger partial charge >= 0.3 is 0 Å². The molecule has 1 heterocycles. The molecule has 1 aliphatic rings. The average Bonchev–Trinajstić information content (AvgIpc) is 3.00. The Morgan fingerprint density at radius 1 is 1.00 bits per heavy atom. The van der Waals surface area contributed by atoms with E-state index in [-0.39, 0.29) is 23.4 Å². The number of rotatable bonds is 5. The van der Waals surface area contributed by atoms with Crippen molar-refractivity contribution in [1.29, 1.82) is 0 Å². The lowest BCUT2D eigenvalue weighted by molar-refractivity contribution is -0.154. The van der Waals surface area contributed by atoms with E-state index < -0.39 is 29.5 Å². The second-order valence-corrected chi connectivity index (χ2v) is 7.12. The van der Waals surface area contributed by atoms with E-state index in [9.17, 15) is 19.2 Å². The summed E-state index contributed by atoms with van der Waals surface area (Å²) in [5.74, 6) is -2.24. The highest BCUT2D eigenvalue weighted by atomic mass is 35.5. The maximum atomic E-state index is 13.2. The monoisotopic (exact) mass is 418 g/mol. The van der Waals surface area contributed by atoms with Crippen LogP contribution in [-0.4, -0.2) is 39.6 Å². The predicted octanol–water partition coefficient (Wildman–Crippen LogP) is 3.77. The topological polar surface area (TPSA) is 74.8 Å². The van der Waals surface area contributed by atoms with E-state index in [1.807, 2.05) is 0 Å². The van der Waals surface area contributed by atoms with Gasteiger partial charge in [-0.15, -0.1) is 0 Å².